The van der Waals surface area contributed by atoms with Crippen molar-refractivity contribution in [1.82, 2.24) is 15.6 Å². The molecule has 0 saturated carbocycles. The van der Waals surface area contributed by atoms with Crippen LogP contribution in [-0.4, -0.2) is 35.1 Å². The molecule has 108 valence electrons. The average Bonchev–Trinajstić information content (AvgIpc) is 2.46. The first-order valence-electron chi connectivity index (χ1n) is 6.68. The Bertz CT molecular complexity index is 493. The van der Waals surface area contributed by atoms with Gasteiger partial charge in [-0.1, -0.05) is 13.0 Å². The number of aromatic nitrogens is 1. The van der Waals surface area contributed by atoms with Gasteiger partial charge in [0.2, 0.25) is 5.91 Å². The van der Waals surface area contributed by atoms with Crippen LogP contribution < -0.4 is 10.6 Å². The summed E-state index contributed by atoms with van der Waals surface area (Å²) in [5, 5.41) is 14.9. The summed E-state index contributed by atoms with van der Waals surface area (Å²) in [5.41, 5.74) is 0.478. The van der Waals surface area contributed by atoms with Crippen LogP contribution in [0, 0.1) is 5.41 Å². The number of aromatic carboxylic acids is 1. The molecule has 1 aliphatic rings. The molecule has 0 atom stereocenters. The molecule has 6 heteroatoms. The molecule has 1 saturated heterocycles. The number of carbonyl (C=O) groups excluding carboxylic acids is 1. The fraction of sp³-hybridized carbons (Fsp3) is 0.500. The van der Waals surface area contributed by atoms with Crippen molar-refractivity contribution in [2.75, 3.05) is 13.1 Å². The van der Waals surface area contributed by atoms with Gasteiger partial charge in [-0.2, -0.15) is 0 Å². The third-order valence-electron chi connectivity index (χ3n) is 3.75. The highest BCUT2D eigenvalue weighted by atomic mass is 16.4. The summed E-state index contributed by atoms with van der Waals surface area (Å²) >= 11 is 0. The zero-order valence-electron chi connectivity index (χ0n) is 11.5. The van der Waals surface area contributed by atoms with Gasteiger partial charge in [0.25, 0.3) is 0 Å². The van der Waals surface area contributed by atoms with Crippen molar-refractivity contribution < 1.29 is 14.7 Å². The van der Waals surface area contributed by atoms with Crippen LogP contribution in [0.1, 0.15) is 35.8 Å². The largest absolute Gasteiger partial charge is 0.477 e. The summed E-state index contributed by atoms with van der Waals surface area (Å²) in [7, 11) is 0. The fourth-order valence-corrected chi connectivity index (χ4v) is 2.26. The summed E-state index contributed by atoms with van der Waals surface area (Å²) in [6, 6.07) is 3.11. The first-order valence-corrected chi connectivity index (χ1v) is 6.68. The lowest BCUT2D eigenvalue weighted by molar-refractivity contribution is -0.131. The van der Waals surface area contributed by atoms with Gasteiger partial charge in [0.1, 0.15) is 5.69 Å². The van der Waals surface area contributed by atoms with E-state index in [0.717, 1.165) is 31.5 Å². The van der Waals surface area contributed by atoms with E-state index >= 15 is 0 Å². The highest BCUT2D eigenvalue weighted by Crippen LogP contribution is 2.27. The number of carbonyl (C=O) groups is 2. The summed E-state index contributed by atoms with van der Waals surface area (Å²) in [6.07, 6.45) is 3.14. The quantitative estimate of drug-likeness (QED) is 0.756. The van der Waals surface area contributed by atoms with Crippen molar-refractivity contribution in [3.05, 3.63) is 29.6 Å². The van der Waals surface area contributed by atoms with Crippen LogP contribution in [0.2, 0.25) is 0 Å². The van der Waals surface area contributed by atoms with Crippen LogP contribution in [0.3, 0.4) is 0 Å². The zero-order valence-corrected chi connectivity index (χ0v) is 11.5. The minimum absolute atomic E-state index is 0.00499. The molecule has 0 spiro atoms. The lowest BCUT2D eigenvalue weighted by atomic mass is 9.80. The number of hydrogen-bond donors (Lipinski definition) is 3. The molecule has 1 fully saturated rings. The second kappa shape index (κ2) is 6.00. The van der Waals surface area contributed by atoms with Crippen molar-refractivity contribution in [3.63, 3.8) is 0 Å². The standard InChI is InChI=1S/C14H19N3O3/c1-14(4-6-15-7-5-14)13(20)17-9-10-2-3-11(12(18)19)16-8-10/h2-3,8,15H,4-7,9H2,1H3,(H,17,20)(H,18,19). The predicted octanol–water partition coefficient (Wildman–Crippen LogP) is 0.786. The molecular formula is C14H19N3O3. The van der Waals surface area contributed by atoms with Gasteiger partial charge in [-0.05, 0) is 37.6 Å². The number of amides is 1. The summed E-state index contributed by atoms with van der Waals surface area (Å²) in [5.74, 6) is -1.01. The molecular weight excluding hydrogens is 258 g/mol. The highest BCUT2D eigenvalue weighted by molar-refractivity contribution is 5.85. The Labute approximate surface area is 117 Å². The Kier molecular flexibility index (Phi) is 4.34. The van der Waals surface area contributed by atoms with Crippen LogP contribution in [-0.2, 0) is 11.3 Å². The Morgan fingerprint density at radius 2 is 2.10 bits per heavy atom. The number of carboxylic acids is 1. The van der Waals surface area contributed by atoms with Gasteiger partial charge >= 0.3 is 5.97 Å². The van der Waals surface area contributed by atoms with E-state index in [4.69, 9.17) is 5.11 Å². The summed E-state index contributed by atoms with van der Waals surface area (Å²) in [6.45, 7) is 4.07. The highest BCUT2D eigenvalue weighted by Gasteiger charge is 2.34. The van der Waals surface area contributed by atoms with Gasteiger partial charge in [-0.15, -0.1) is 0 Å². The van der Waals surface area contributed by atoms with E-state index in [9.17, 15) is 9.59 Å². The van der Waals surface area contributed by atoms with Gasteiger partial charge in [0.15, 0.2) is 0 Å². The Morgan fingerprint density at radius 3 is 2.65 bits per heavy atom. The molecule has 0 radical (unpaired) electrons. The van der Waals surface area contributed by atoms with Crippen LogP contribution in [0.5, 0.6) is 0 Å². The van der Waals surface area contributed by atoms with Crippen molar-refractivity contribution in [3.8, 4) is 0 Å². The van der Waals surface area contributed by atoms with Crippen molar-refractivity contribution >= 4 is 11.9 Å². The molecule has 1 aliphatic heterocycles. The maximum Gasteiger partial charge on any atom is 0.354 e. The molecule has 1 aromatic rings. The zero-order chi connectivity index (χ0) is 14.6. The molecule has 0 aromatic carbocycles. The average molecular weight is 277 g/mol. The Hall–Kier alpha value is -1.95. The monoisotopic (exact) mass is 277 g/mol. The number of nitrogens with one attached hydrogen (secondary N) is 2. The molecule has 1 aromatic heterocycles. The third kappa shape index (κ3) is 3.33. The van der Waals surface area contributed by atoms with Crippen LogP contribution in [0.15, 0.2) is 18.3 Å². The predicted molar refractivity (Wildman–Crippen MR) is 73.3 cm³/mol. The summed E-state index contributed by atoms with van der Waals surface area (Å²) in [4.78, 5) is 26.7. The van der Waals surface area contributed by atoms with Crippen molar-refractivity contribution in [2.24, 2.45) is 5.41 Å². The minimum Gasteiger partial charge on any atom is -0.477 e. The summed E-state index contributed by atoms with van der Waals surface area (Å²) < 4.78 is 0. The number of carboxylic acid groups (broad SMARTS) is 1. The molecule has 2 heterocycles. The Balaban J connectivity index is 1.91. The van der Waals surface area contributed by atoms with Gasteiger partial charge < -0.3 is 15.7 Å². The Morgan fingerprint density at radius 1 is 1.40 bits per heavy atom. The van der Waals surface area contributed by atoms with Crippen LogP contribution in [0.4, 0.5) is 0 Å². The maximum absolute atomic E-state index is 12.2. The van der Waals surface area contributed by atoms with E-state index in [-0.39, 0.29) is 17.0 Å². The molecule has 1 amide bonds. The molecule has 3 N–H and O–H groups in total. The molecule has 0 unspecified atom stereocenters. The van der Waals surface area contributed by atoms with E-state index in [1.54, 1.807) is 6.07 Å². The van der Waals surface area contributed by atoms with E-state index in [2.05, 4.69) is 15.6 Å². The van der Waals surface area contributed by atoms with Crippen molar-refractivity contribution in [1.29, 1.82) is 0 Å². The van der Waals surface area contributed by atoms with E-state index in [0.29, 0.717) is 6.54 Å². The lowest BCUT2D eigenvalue weighted by Crippen LogP contribution is -2.45. The normalized spacial score (nSPS) is 17.4. The number of hydrogen-bond acceptors (Lipinski definition) is 4. The van der Waals surface area contributed by atoms with Gasteiger partial charge in [0.05, 0.1) is 0 Å². The SMILES string of the molecule is CC1(C(=O)NCc2ccc(C(=O)O)nc2)CCNCC1. The molecule has 20 heavy (non-hydrogen) atoms. The number of rotatable bonds is 4. The molecule has 0 bridgehead atoms. The topological polar surface area (TPSA) is 91.3 Å². The van der Waals surface area contributed by atoms with E-state index in [1.807, 2.05) is 6.92 Å². The van der Waals surface area contributed by atoms with Crippen LogP contribution in [0.25, 0.3) is 0 Å². The smallest absolute Gasteiger partial charge is 0.354 e. The first-order chi connectivity index (χ1) is 9.51. The molecule has 0 aliphatic carbocycles. The number of pyridine rings is 1. The van der Waals surface area contributed by atoms with Gasteiger partial charge in [-0.25, -0.2) is 9.78 Å². The van der Waals surface area contributed by atoms with E-state index < -0.39 is 5.97 Å². The lowest BCUT2D eigenvalue weighted by Gasteiger charge is -2.32. The minimum atomic E-state index is -1.05. The molecule has 6 nitrogen and oxygen atoms in total. The number of nitrogens with zero attached hydrogens (tertiary/aromatic N) is 1. The van der Waals surface area contributed by atoms with E-state index in [1.165, 1.54) is 12.3 Å². The molecule has 2 rings (SSSR count). The second-order valence-electron chi connectivity index (χ2n) is 5.35. The second-order valence-corrected chi connectivity index (χ2v) is 5.35. The van der Waals surface area contributed by atoms with Gasteiger partial charge in [0, 0.05) is 18.2 Å². The third-order valence-corrected chi connectivity index (χ3v) is 3.75. The first kappa shape index (κ1) is 14.5. The van der Waals surface area contributed by atoms with Crippen LogP contribution >= 0.6 is 0 Å². The maximum atomic E-state index is 12.2. The van der Waals surface area contributed by atoms with Gasteiger partial charge in [-0.3, -0.25) is 4.79 Å². The fourth-order valence-electron chi connectivity index (χ4n) is 2.26. The number of piperidine rings is 1. The van der Waals surface area contributed by atoms with Crippen molar-refractivity contribution in [2.45, 2.75) is 26.3 Å².